The van der Waals surface area contributed by atoms with Crippen molar-refractivity contribution in [2.45, 2.75) is 6.92 Å². The second-order valence-corrected chi connectivity index (χ2v) is 4.06. The van der Waals surface area contributed by atoms with Gasteiger partial charge in [-0.05, 0) is 19.1 Å². The van der Waals surface area contributed by atoms with Gasteiger partial charge in [0.05, 0.1) is 18.8 Å². The minimum Gasteiger partial charge on any atom is -0.387 e. The van der Waals surface area contributed by atoms with Gasteiger partial charge >= 0.3 is 0 Å². The van der Waals surface area contributed by atoms with Gasteiger partial charge in [-0.3, -0.25) is 4.79 Å². The third-order valence-corrected chi connectivity index (χ3v) is 2.32. The molecule has 0 bridgehead atoms. The van der Waals surface area contributed by atoms with E-state index in [1.165, 1.54) is 0 Å². The van der Waals surface area contributed by atoms with Crippen molar-refractivity contribution in [3.8, 4) is 0 Å². The third-order valence-electron chi connectivity index (χ3n) is 2.32. The van der Waals surface area contributed by atoms with Crippen LogP contribution in [0, 0.1) is 0 Å². The molecular weight excluding hydrogens is 228 g/mol. The average Bonchev–Trinajstić information content (AvgIpc) is 2.37. The van der Waals surface area contributed by atoms with E-state index >= 15 is 0 Å². The standard InChI is InChI=1S/C14H20N2O2/c1-11(2)10-18-9-8-16-14(17)12-6-4-5-7-13(12)15-3/h4-7,15H,1,8-10H2,2-3H3,(H,16,17). The Balaban J connectivity index is 2.38. The number of hydrogen-bond donors (Lipinski definition) is 2. The van der Waals surface area contributed by atoms with E-state index in [2.05, 4.69) is 17.2 Å². The highest BCUT2D eigenvalue weighted by atomic mass is 16.5. The lowest BCUT2D eigenvalue weighted by molar-refractivity contribution is 0.0927. The Morgan fingerprint density at radius 1 is 1.39 bits per heavy atom. The molecule has 0 aliphatic heterocycles. The first-order valence-electron chi connectivity index (χ1n) is 5.92. The molecule has 4 nitrogen and oxygen atoms in total. The van der Waals surface area contributed by atoms with Crippen LogP contribution in [-0.4, -0.2) is 32.7 Å². The van der Waals surface area contributed by atoms with Gasteiger partial charge in [0.25, 0.3) is 5.91 Å². The SMILES string of the molecule is C=C(C)COCCNC(=O)c1ccccc1NC. The molecule has 0 saturated heterocycles. The van der Waals surface area contributed by atoms with Crippen LogP contribution in [0.2, 0.25) is 0 Å². The molecule has 0 spiro atoms. The van der Waals surface area contributed by atoms with Crippen LogP contribution in [0.4, 0.5) is 5.69 Å². The lowest BCUT2D eigenvalue weighted by Crippen LogP contribution is -2.28. The quantitative estimate of drug-likeness (QED) is 0.573. The van der Waals surface area contributed by atoms with Crippen molar-refractivity contribution in [3.05, 3.63) is 42.0 Å². The van der Waals surface area contributed by atoms with E-state index < -0.39 is 0 Å². The number of benzene rings is 1. The van der Waals surface area contributed by atoms with Gasteiger partial charge in [0.2, 0.25) is 0 Å². The molecule has 1 rings (SSSR count). The first-order chi connectivity index (χ1) is 8.65. The van der Waals surface area contributed by atoms with Crippen LogP contribution in [0.5, 0.6) is 0 Å². The molecule has 0 aromatic heterocycles. The molecule has 18 heavy (non-hydrogen) atoms. The molecule has 0 atom stereocenters. The fourth-order valence-corrected chi connectivity index (χ4v) is 1.48. The smallest absolute Gasteiger partial charge is 0.253 e. The normalized spacial score (nSPS) is 9.89. The van der Waals surface area contributed by atoms with E-state index in [1.54, 1.807) is 13.1 Å². The van der Waals surface area contributed by atoms with E-state index in [0.29, 0.717) is 25.3 Å². The Hall–Kier alpha value is -1.81. The van der Waals surface area contributed by atoms with Crippen LogP contribution >= 0.6 is 0 Å². The van der Waals surface area contributed by atoms with Crippen molar-refractivity contribution in [1.29, 1.82) is 0 Å². The summed E-state index contributed by atoms with van der Waals surface area (Å²) >= 11 is 0. The third kappa shape index (κ3) is 4.59. The Bertz CT molecular complexity index is 416. The second-order valence-electron chi connectivity index (χ2n) is 4.06. The fourth-order valence-electron chi connectivity index (χ4n) is 1.48. The van der Waals surface area contributed by atoms with Gasteiger partial charge in [-0.2, -0.15) is 0 Å². The number of hydrogen-bond acceptors (Lipinski definition) is 3. The van der Waals surface area contributed by atoms with Crippen molar-refractivity contribution in [3.63, 3.8) is 0 Å². The van der Waals surface area contributed by atoms with Crippen LogP contribution in [0.25, 0.3) is 0 Å². The highest BCUT2D eigenvalue weighted by molar-refractivity contribution is 5.99. The average molecular weight is 248 g/mol. The number of nitrogens with one attached hydrogen (secondary N) is 2. The van der Waals surface area contributed by atoms with Gasteiger partial charge in [-0.15, -0.1) is 0 Å². The Morgan fingerprint density at radius 2 is 2.11 bits per heavy atom. The summed E-state index contributed by atoms with van der Waals surface area (Å²) in [6, 6.07) is 7.38. The Morgan fingerprint density at radius 3 is 2.78 bits per heavy atom. The molecule has 0 radical (unpaired) electrons. The number of amides is 1. The van der Waals surface area contributed by atoms with Crippen molar-refractivity contribution in [2.24, 2.45) is 0 Å². The zero-order valence-corrected chi connectivity index (χ0v) is 11.0. The monoisotopic (exact) mass is 248 g/mol. The lowest BCUT2D eigenvalue weighted by Gasteiger charge is -2.09. The second kappa shape index (κ2) is 7.50. The summed E-state index contributed by atoms with van der Waals surface area (Å²) in [5.41, 5.74) is 2.43. The predicted molar refractivity (Wildman–Crippen MR) is 74.0 cm³/mol. The fraction of sp³-hybridized carbons (Fsp3) is 0.357. The lowest BCUT2D eigenvalue weighted by atomic mass is 10.1. The van der Waals surface area contributed by atoms with Crippen LogP contribution in [-0.2, 0) is 4.74 Å². The molecular formula is C14H20N2O2. The van der Waals surface area contributed by atoms with E-state index in [9.17, 15) is 4.79 Å². The van der Waals surface area contributed by atoms with Crippen molar-refractivity contribution >= 4 is 11.6 Å². The number of carbonyl (C=O) groups is 1. The van der Waals surface area contributed by atoms with Crippen molar-refractivity contribution in [1.82, 2.24) is 5.32 Å². The molecule has 2 N–H and O–H groups in total. The first kappa shape index (κ1) is 14.3. The van der Waals surface area contributed by atoms with E-state index in [4.69, 9.17) is 4.74 Å². The van der Waals surface area contributed by atoms with E-state index in [-0.39, 0.29) is 5.91 Å². The first-order valence-corrected chi connectivity index (χ1v) is 5.92. The summed E-state index contributed by atoms with van der Waals surface area (Å²) in [6.07, 6.45) is 0. The highest BCUT2D eigenvalue weighted by Crippen LogP contribution is 2.13. The summed E-state index contributed by atoms with van der Waals surface area (Å²) in [7, 11) is 1.79. The molecule has 0 heterocycles. The maximum absolute atomic E-state index is 11.9. The van der Waals surface area contributed by atoms with Crippen molar-refractivity contribution in [2.75, 3.05) is 32.1 Å². The summed E-state index contributed by atoms with van der Waals surface area (Å²) in [5, 5.41) is 5.80. The molecule has 1 aromatic rings. The van der Waals surface area contributed by atoms with Gasteiger partial charge in [0, 0.05) is 19.3 Å². The van der Waals surface area contributed by atoms with Gasteiger partial charge in [0.1, 0.15) is 0 Å². The van der Waals surface area contributed by atoms with Crippen LogP contribution in [0.1, 0.15) is 17.3 Å². The van der Waals surface area contributed by atoms with Gasteiger partial charge in [0.15, 0.2) is 0 Å². The zero-order valence-electron chi connectivity index (χ0n) is 11.0. The van der Waals surface area contributed by atoms with Gasteiger partial charge in [-0.25, -0.2) is 0 Å². The summed E-state index contributed by atoms with van der Waals surface area (Å²) in [4.78, 5) is 11.9. The molecule has 0 saturated carbocycles. The Kier molecular flexibility index (Phi) is 5.94. The van der Waals surface area contributed by atoms with Crippen LogP contribution in [0.15, 0.2) is 36.4 Å². The van der Waals surface area contributed by atoms with E-state index in [1.807, 2.05) is 25.1 Å². The molecule has 0 aliphatic carbocycles. The summed E-state index contributed by atoms with van der Waals surface area (Å²) in [6.45, 7) is 7.15. The number of anilines is 1. The van der Waals surface area contributed by atoms with Gasteiger partial charge < -0.3 is 15.4 Å². The summed E-state index contributed by atoms with van der Waals surface area (Å²) < 4.78 is 5.31. The predicted octanol–water partition coefficient (Wildman–Crippen LogP) is 2.05. The maximum atomic E-state index is 11.9. The maximum Gasteiger partial charge on any atom is 0.253 e. The number of carbonyl (C=O) groups excluding carboxylic acids is 1. The molecule has 4 heteroatoms. The van der Waals surface area contributed by atoms with E-state index in [0.717, 1.165) is 11.3 Å². The molecule has 98 valence electrons. The number of para-hydroxylation sites is 1. The molecule has 0 fully saturated rings. The largest absolute Gasteiger partial charge is 0.387 e. The zero-order chi connectivity index (χ0) is 13.4. The highest BCUT2D eigenvalue weighted by Gasteiger charge is 2.08. The number of ether oxygens (including phenoxy) is 1. The Labute approximate surface area is 108 Å². The van der Waals surface area contributed by atoms with Gasteiger partial charge in [-0.1, -0.05) is 24.3 Å². The minimum atomic E-state index is -0.0983. The molecule has 1 amide bonds. The molecule has 1 aromatic carbocycles. The number of rotatable bonds is 7. The molecule has 0 unspecified atom stereocenters. The van der Waals surface area contributed by atoms with Crippen LogP contribution < -0.4 is 10.6 Å². The summed E-state index contributed by atoms with van der Waals surface area (Å²) in [5.74, 6) is -0.0983. The molecule has 0 aliphatic rings. The van der Waals surface area contributed by atoms with Crippen molar-refractivity contribution < 1.29 is 9.53 Å². The minimum absolute atomic E-state index is 0.0983. The van der Waals surface area contributed by atoms with Crippen LogP contribution in [0.3, 0.4) is 0 Å². The topological polar surface area (TPSA) is 50.4 Å².